The number of ether oxygens (including phenoxy) is 1. The van der Waals surface area contributed by atoms with E-state index in [1.54, 1.807) is 19.9 Å². The minimum Gasteiger partial charge on any atom is -0.466 e. The lowest BCUT2D eigenvalue weighted by atomic mass is 10.00. The van der Waals surface area contributed by atoms with Gasteiger partial charge in [-0.1, -0.05) is 19.1 Å². The molecule has 28 heavy (non-hydrogen) atoms. The first-order valence-electron chi connectivity index (χ1n) is 8.91. The van der Waals surface area contributed by atoms with Crippen LogP contribution in [-0.4, -0.2) is 42.4 Å². The number of esters is 1. The lowest BCUT2D eigenvalue weighted by Gasteiger charge is -2.23. The van der Waals surface area contributed by atoms with Gasteiger partial charge in [-0.05, 0) is 31.0 Å². The number of hydrogen-bond acceptors (Lipinski definition) is 5. The zero-order valence-corrected chi connectivity index (χ0v) is 16.2. The van der Waals surface area contributed by atoms with Crippen molar-refractivity contribution in [3.63, 3.8) is 0 Å². The van der Waals surface area contributed by atoms with Gasteiger partial charge in [0.1, 0.15) is 17.9 Å². The van der Waals surface area contributed by atoms with Crippen LogP contribution in [0.3, 0.4) is 0 Å². The summed E-state index contributed by atoms with van der Waals surface area (Å²) in [4.78, 5) is 47.5. The molecule has 0 fully saturated rings. The lowest BCUT2D eigenvalue weighted by molar-refractivity contribution is -0.148. The van der Waals surface area contributed by atoms with Gasteiger partial charge < -0.3 is 21.1 Å². The predicted octanol–water partition coefficient (Wildman–Crippen LogP) is 0.432. The van der Waals surface area contributed by atoms with Crippen molar-refractivity contribution >= 4 is 23.7 Å². The smallest absolute Gasteiger partial charge is 0.308 e. The molecule has 0 heterocycles. The van der Waals surface area contributed by atoms with E-state index in [9.17, 15) is 23.6 Å². The SMILES string of the molecule is CCOC(=O)[C@@H](C)C[C@@H](NC(=O)[C@H](Cc1cccc(F)c1)NC(C)=O)C(N)=O. The van der Waals surface area contributed by atoms with E-state index in [2.05, 4.69) is 10.6 Å². The van der Waals surface area contributed by atoms with Crippen molar-refractivity contribution in [2.45, 2.75) is 45.7 Å². The number of nitrogens with one attached hydrogen (secondary N) is 2. The van der Waals surface area contributed by atoms with Crippen LogP contribution >= 0.6 is 0 Å². The first-order valence-corrected chi connectivity index (χ1v) is 8.91. The van der Waals surface area contributed by atoms with E-state index < -0.39 is 47.5 Å². The lowest BCUT2D eigenvalue weighted by Crippen LogP contribution is -2.54. The second kappa shape index (κ2) is 11.0. The van der Waals surface area contributed by atoms with Crippen LogP contribution < -0.4 is 16.4 Å². The van der Waals surface area contributed by atoms with Crippen LogP contribution in [0.2, 0.25) is 0 Å². The zero-order valence-electron chi connectivity index (χ0n) is 16.2. The van der Waals surface area contributed by atoms with Gasteiger partial charge in [-0.25, -0.2) is 4.39 Å². The van der Waals surface area contributed by atoms with Crippen molar-refractivity contribution in [1.29, 1.82) is 0 Å². The summed E-state index contributed by atoms with van der Waals surface area (Å²) in [6, 6.07) is 3.43. The normalized spacial score (nSPS) is 13.7. The Labute approximate surface area is 163 Å². The highest BCUT2D eigenvalue weighted by molar-refractivity contribution is 5.91. The van der Waals surface area contributed by atoms with E-state index in [0.29, 0.717) is 5.56 Å². The van der Waals surface area contributed by atoms with Crippen molar-refractivity contribution < 1.29 is 28.3 Å². The van der Waals surface area contributed by atoms with Crippen LogP contribution in [0.15, 0.2) is 24.3 Å². The predicted molar refractivity (Wildman–Crippen MR) is 99.2 cm³/mol. The number of amides is 3. The summed E-state index contributed by atoms with van der Waals surface area (Å²) in [5.41, 5.74) is 5.83. The molecule has 1 aromatic carbocycles. The summed E-state index contributed by atoms with van der Waals surface area (Å²) in [6.07, 6.45) is -0.0330. The van der Waals surface area contributed by atoms with Crippen LogP contribution in [0.25, 0.3) is 0 Å². The largest absolute Gasteiger partial charge is 0.466 e. The number of carbonyl (C=O) groups is 4. The quantitative estimate of drug-likeness (QED) is 0.495. The Bertz CT molecular complexity index is 725. The Balaban J connectivity index is 2.88. The van der Waals surface area contributed by atoms with Gasteiger partial charge in [-0.2, -0.15) is 0 Å². The zero-order chi connectivity index (χ0) is 21.3. The summed E-state index contributed by atoms with van der Waals surface area (Å²) >= 11 is 0. The van der Waals surface area contributed by atoms with Crippen molar-refractivity contribution in [3.05, 3.63) is 35.6 Å². The summed E-state index contributed by atoms with van der Waals surface area (Å²) in [5.74, 6) is -3.61. The molecule has 0 aliphatic carbocycles. The van der Waals surface area contributed by atoms with E-state index in [4.69, 9.17) is 10.5 Å². The van der Waals surface area contributed by atoms with Crippen molar-refractivity contribution in [3.8, 4) is 0 Å². The molecule has 0 aliphatic heterocycles. The summed E-state index contributed by atoms with van der Waals surface area (Å²) < 4.78 is 18.3. The third-order valence-electron chi connectivity index (χ3n) is 3.96. The molecule has 0 bridgehead atoms. The molecule has 0 aromatic heterocycles. The Morgan fingerprint density at radius 2 is 1.86 bits per heavy atom. The van der Waals surface area contributed by atoms with Crippen LogP contribution in [0.5, 0.6) is 0 Å². The highest BCUT2D eigenvalue weighted by atomic mass is 19.1. The fourth-order valence-electron chi connectivity index (χ4n) is 2.61. The van der Waals surface area contributed by atoms with Gasteiger partial charge in [0, 0.05) is 13.3 Å². The number of rotatable bonds is 10. The van der Waals surface area contributed by atoms with Gasteiger partial charge in [-0.3, -0.25) is 19.2 Å². The maximum absolute atomic E-state index is 13.4. The highest BCUT2D eigenvalue weighted by Gasteiger charge is 2.28. The van der Waals surface area contributed by atoms with Gasteiger partial charge in [0.25, 0.3) is 0 Å². The molecule has 4 N–H and O–H groups in total. The molecule has 1 rings (SSSR count). The van der Waals surface area contributed by atoms with Crippen molar-refractivity contribution in [2.75, 3.05) is 6.61 Å². The molecule has 3 atom stereocenters. The standard InChI is InChI=1S/C19H26FN3O5/c1-4-28-19(27)11(2)8-15(17(21)25)23-18(26)16(22-12(3)24)10-13-6-5-7-14(20)9-13/h5-7,9,11,15-16H,4,8,10H2,1-3H3,(H2,21,25)(H,22,24)(H,23,26)/t11-,15+,16-/m0/s1. The average Bonchev–Trinajstić information content (AvgIpc) is 2.60. The van der Waals surface area contributed by atoms with Crippen LogP contribution in [0, 0.1) is 11.7 Å². The summed E-state index contributed by atoms with van der Waals surface area (Å²) in [5, 5.41) is 4.93. The third kappa shape index (κ3) is 7.73. The average molecular weight is 395 g/mol. The maximum Gasteiger partial charge on any atom is 0.308 e. The summed E-state index contributed by atoms with van der Waals surface area (Å²) in [7, 11) is 0. The van der Waals surface area contributed by atoms with Gasteiger partial charge in [0.2, 0.25) is 17.7 Å². The molecule has 154 valence electrons. The third-order valence-corrected chi connectivity index (χ3v) is 3.96. The van der Waals surface area contributed by atoms with Crippen LogP contribution in [0.4, 0.5) is 4.39 Å². The van der Waals surface area contributed by atoms with Gasteiger partial charge >= 0.3 is 5.97 Å². The maximum atomic E-state index is 13.4. The molecule has 0 spiro atoms. The number of nitrogens with two attached hydrogens (primary N) is 1. The monoisotopic (exact) mass is 395 g/mol. The van der Waals surface area contributed by atoms with E-state index in [0.717, 1.165) is 0 Å². The Hall–Kier alpha value is -2.97. The molecule has 0 saturated heterocycles. The van der Waals surface area contributed by atoms with E-state index in [1.807, 2.05) is 0 Å². The Morgan fingerprint density at radius 1 is 1.18 bits per heavy atom. The molecule has 0 aliphatic rings. The molecule has 8 nitrogen and oxygen atoms in total. The number of carbonyl (C=O) groups excluding carboxylic acids is 4. The molecule has 1 aromatic rings. The Kier molecular flexibility index (Phi) is 9.07. The number of benzene rings is 1. The fraction of sp³-hybridized carbons (Fsp3) is 0.474. The fourth-order valence-corrected chi connectivity index (χ4v) is 2.61. The molecular formula is C19H26FN3O5. The summed E-state index contributed by atoms with van der Waals surface area (Å²) in [6.45, 7) is 4.63. The van der Waals surface area contributed by atoms with E-state index in [-0.39, 0.29) is 19.4 Å². The Morgan fingerprint density at radius 3 is 2.39 bits per heavy atom. The second-order valence-corrected chi connectivity index (χ2v) is 6.44. The molecule has 3 amide bonds. The van der Waals surface area contributed by atoms with Crippen molar-refractivity contribution in [2.24, 2.45) is 11.7 Å². The van der Waals surface area contributed by atoms with Gasteiger partial charge in [0.15, 0.2) is 0 Å². The molecule has 0 radical (unpaired) electrons. The molecule has 0 saturated carbocycles. The highest BCUT2D eigenvalue weighted by Crippen LogP contribution is 2.11. The topological polar surface area (TPSA) is 128 Å². The van der Waals surface area contributed by atoms with Crippen LogP contribution in [0.1, 0.15) is 32.8 Å². The van der Waals surface area contributed by atoms with Gasteiger partial charge in [-0.15, -0.1) is 0 Å². The minimum atomic E-state index is -1.13. The second-order valence-electron chi connectivity index (χ2n) is 6.44. The number of hydrogen-bond donors (Lipinski definition) is 3. The van der Waals surface area contributed by atoms with Crippen LogP contribution in [-0.2, 0) is 30.3 Å². The first-order chi connectivity index (χ1) is 13.1. The minimum absolute atomic E-state index is 0.0160. The van der Waals surface area contributed by atoms with E-state index in [1.165, 1.54) is 25.1 Å². The number of halogens is 1. The molecule has 0 unspecified atom stereocenters. The van der Waals surface area contributed by atoms with Gasteiger partial charge in [0.05, 0.1) is 12.5 Å². The molecule has 9 heteroatoms. The molecular weight excluding hydrogens is 369 g/mol. The van der Waals surface area contributed by atoms with E-state index >= 15 is 0 Å². The first kappa shape index (κ1) is 23.1. The van der Waals surface area contributed by atoms with Crippen molar-refractivity contribution in [1.82, 2.24) is 10.6 Å². The number of primary amides is 1.